The first kappa shape index (κ1) is 18.2. The minimum Gasteiger partial charge on any atom is -0.360 e. The zero-order valence-electron chi connectivity index (χ0n) is 16.7. The van der Waals surface area contributed by atoms with E-state index in [-0.39, 0.29) is 23.3 Å². The Hall–Kier alpha value is -2.15. The largest absolute Gasteiger partial charge is 0.360 e. The number of fused-ring (bicyclic) bond motifs is 1. The van der Waals surface area contributed by atoms with Crippen LogP contribution >= 0.6 is 0 Å². The van der Waals surface area contributed by atoms with Crippen LogP contribution in [0.4, 0.5) is 0 Å². The zero-order chi connectivity index (χ0) is 19.6. The molecular formula is C20H28N4O3. The second-order valence-electron chi connectivity index (χ2n) is 9.37. The first-order chi connectivity index (χ1) is 12.6. The SMILES string of the molecule is CN(Cc1cnn(C)c1)C(=O)C1C2C(=O)N(CC(C)(C)C)C[C@]23C=C[C@H]1O3. The molecule has 2 unspecified atom stereocenters. The van der Waals surface area contributed by atoms with Gasteiger partial charge in [0.15, 0.2) is 0 Å². The molecule has 0 radical (unpaired) electrons. The number of hydrogen-bond acceptors (Lipinski definition) is 4. The second-order valence-corrected chi connectivity index (χ2v) is 9.37. The number of amides is 2. The summed E-state index contributed by atoms with van der Waals surface area (Å²) in [6.45, 7) is 8.02. The van der Waals surface area contributed by atoms with Crippen molar-refractivity contribution in [3.63, 3.8) is 0 Å². The van der Waals surface area contributed by atoms with Gasteiger partial charge >= 0.3 is 0 Å². The third-order valence-electron chi connectivity index (χ3n) is 5.68. The van der Waals surface area contributed by atoms with Gasteiger partial charge in [-0.15, -0.1) is 0 Å². The molecule has 0 N–H and O–H groups in total. The van der Waals surface area contributed by atoms with Crippen molar-refractivity contribution >= 4 is 11.8 Å². The summed E-state index contributed by atoms with van der Waals surface area (Å²) in [6, 6.07) is 0. The van der Waals surface area contributed by atoms with Crippen LogP contribution in [-0.2, 0) is 27.9 Å². The molecule has 4 rings (SSSR count). The standard InChI is InChI=1S/C20H28N4O3/c1-19(2,3)11-24-12-20-7-6-14(27-20)15(16(20)18(24)26)17(25)22(4)9-13-8-21-23(5)10-13/h6-8,10,14-16H,9,11-12H2,1-5H3/t14-,15?,16?,20-/m1/s1. The maximum absolute atomic E-state index is 13.2. The molecule has 0 saturated carbocycles. The van der Waals surface area contributed by atoms with Crippen LogP contribution < -0.4 is 0 Å². The van der Waals surface area contributed by atoms with Crippen LogP contribution in [0.15, 0.2) is 24.5 Å². The summed E-state index contributed by atoms with van der Waals surface area (Å²) >= 11 is 0. The van der Waals surface area contributed by atoms with Crippen molar-refractivity contribution in [1.82, 2.24) is 19.6 Å². The number of carbonyl (C=O) groups is 2. The van der Waals surface area contributed by atoms with Crippen LogP contribution in [0.1, 0.15) is 26.3 Å². The van der Waals surface area contributed by atoms with E-state index in [2.05, 4.69) is 25.9 Å². The Balaban J connectivity index is 1.54. The average molecular weight is 372 g/mol. The molecule has 27 heavy (non-hydrogen) atoms. The average Bonchev–Trinajstić information content (AvgIpc) is 3.28. The highest BCUT2D eigenvalue weighted by Gasteiger charge is 2.67. The van der Waals surface area contributed by atoms with Crippen LogP contribution in [0.25, 0.3) is 0 Å². The van der Waals surface area contributed by atoms with Crippen molar-refractivity contribution < 1.29 is 14.3 Å². The van der Waals surface area contributed by atoms with Gasteiger partial charge in [-0.1, -0.05) is 32.9 Å². The van der Waals surface area contributed by atoms with Crippen LogP contribution in [-0.4, -0.2) is 63.2 Å². The van der Waals surface area contributed by atoms with Crippen molar-refractivity contribution in [2.75, 3.05) is 20.1 Å². The molecule has 0 aromatic carbocycles. The molecule has 2 bridgehead atoms. The van der Waals surface area contributed by atoms with Crippen molar-refractivity contribution in [3.05, 3.63) is 30.1 Å². The minimum absolute atomic E-state index is 0.00324. The molecule has 146 valence electrons. The highest BCUT2D eigenvalue weighted by Crippen LogP contribution is 2.52. The van der Waals surface area contributed by atoms with E-state index >= 15 is 0 Å². The summed E-state index contributed by atoms with van der Waals surface area (Å²) in [5.41, 5.74) is 0.334. The Labute approximate surface area is 159 Å². The number of ether oxygens (including phenoxy) is 1. The molecule has 2 amide bonds. The fourth-order valence-electron chi connectivity index (χ4n) is 4.73. The van der Waals surface area contributed by atoms with Crippen LogP contribution in [0.5, 0.6) is 0 Å². The molecule has 3 aliphatic rings. The van der Waals surface area contributed by atoms with E-state index in [0.717, 1.165) is 5.56 Å². The molecule has 1 spiro atoms. The summed E-state index contributed by atoms with van der Waals surface area (Å²) in [6.07, 6.45) is 7.32. The number of likely N-dealkylation sites (tertiary alicyclic amines) is 1. The van der Waals surface area contributed by atoms with Gasteiger partial charge in [-0.25, -0.2) is 0 Å². The van der Waals surface area contributed by atoms with Crippen LogP contribution in [0, 0.1) is 17.3 Å². The number of hydrogen-bond donors (Lipinski definition) is 0. The Bertz CT molecular complexity index is 808. The van der Waals surface area contributed by atoms with E-state index in [0.29, 0.717) is 19.6 Å². The predicted octanol–water partition coefficient (Wildman–Crippen LogP) is 1.21. The lowest BCUT2D eigenvalue weighted by molar-refractivity contribution is -0.143. The predicted molar refractivity (Wildman–Crippen MR) is 99.4 cm³/mol. The third-order valence-corrected chi connectivity index (χ3v) is 5.68. The summed E-state index contributed by atoms with van der Waals surface area (Å²) in [7, 11) is 3.63. The van der Waals surface area contributed by atoms with Gasteiger partial charge in [-0.2, -0.15) is 5.10 Å². The summed E-state index contributed by atoms with van der Waals surface area (Å²) in [5.74, 6) is -0.858. The Kier molecular flexibility index (Phi) is 4.00. The number of rotatable bonds is 4. The van der Waals surface area contributed by atoms with Gasteiger partial charge in [0.2, 0.25) is 11.8 Å². The number of aryl methyl sites for hydroxylation is 1. The van der Waals surface area contributed by atoms with Gasteiger partial charge in [0.05, 0.1) is 30.7 Å². The van der Waals surface area contributed by atoms with E-state index in [1.165, 1.54) is 0 Å². The fraction of sp³-hybridized carbons (Fsp3) is 0.650. The van der Waals surface area contributed by atoms with E-state index in [1.807, 2.05) is 30.3 Å². The van der Waals surface area contributed by atoms with Gasteiger partial charge in [0, 0.05) is 38.9 Å². The second kappa shape index (κ2) is 5.92. The van der Waals surface area contributed by atoms with Gasteiger partial charge < -0.3 is 14.5 Å². The highest BCUT2D eigenvalue weighted by atomic mass is 16.5. The molecule has 1 aromatic heterocycles. The molecular weight excluding hydrogens is 344 g/mol. The van der Waals surface area contributed by atoms with Crippen molar-refractivity contribution in [1.29, 1.82) is 0 Å². The van der Waals surface area contributed by atoms with Crippen molar-refractivity contribution in [3.8, 4) is 0 Å². The quantitative estimate of drug-likeness (QED) is 0.745. The van der Waals surface area contributed by atoms with Gasteiger partial charge in [0.25, 0.3) is 0 Å². The van der Waals surface area contributed by atoms with E-state index in [9.17, 15) is 9.59 Å². The monoisotopic (exact) mass is 372 g/mol. The first-order valence-corrected chi connectivity index (χ1v) is 9.48. The molecule has 1 aromatic rings. The number of aromatic nitrogens is 2. The molecule has 2 saturated heterocycles. The van der Waals surface area contributed by atoms with Gasteiger partial charge in [-0.3, -0.25) is 14.3 Å². The molecule has 0 aliphatic carbocycles. The number of carbonyl (C=O) groups excluding carboxylic acids is 2. The van der Waals surface area contributed by atoms with Crippen LogP contribution in [0.3, 0.4) is 0 Å². The normalized spacial score (nSPS) is 31.7. The Morgan fingerprint density at radius 1 is 1.44 bits per heavy atom. The minimum atomic E-state index is -0.636. The van der Waals surface area contributed by atoms with Crippen LogP contribution in [0.2, 0.25) is 0 Å². The fourth-order valence-corrected chi connectivity index (χ4v) is 4.73. The molecule has 2 fully saturated rings. The van der Waals surface area contributed by atoms with E-state index in [1.54, 1.807) is 22.8 Å². The maximum atomic E-state index is 13.2. The van der Waals surface area contributed by atoms with Crippen molar-refractivity contribution in [2.45, 2.75) is 39.0 Å². The first-order valence-electron chi connectivity index (χ1n) is 9.48. The van der Waals surface area contributed by atoms with Gasteiger partial charge in [-0.05, 0) is 5.41 Å². The van der Waals surface area contributed by atoms with E-state index in [4.69, 9.17) is 4.74 Å². The maximum Gasteiger partial charge on any atom is 0.230 e. The number of nitrogens with zero attached hydrogens (tertiary/aromatic N) is 4. The summed E-state index contributed by atoms with van der Waals surface area (Å²) < 4.78 is 7.92. The molecule has 4 atom stereocenters. The van der Waals surface area contributed by atoms with Gasteiger partial charge in [0.1, 0.15) is 5.60 Å². The van der Waals surface area contributed by atoms with E-state index < -0.39 is 17.4 Å². The summed E-state index contributed by atoms with van der Waals surface area (Å²) in [4.78, 5) is 30.0. The third kappa shape index (κ3) is 2.98. The topological polar surface area (TPSA) is 67.7 Å². The molecule has 4 heterocycles. The lowest BCUT2D eigenvalue weighted by Crippen LogP contribution is -2.44. The summed E-state index contributed by atoms with van der Waals surface area (Å²) in [5, 5.41) is 4.15. The Morgan fingerprint density at radius 3 is 2.81 bits per heavy atom. The lowest BCUT2D eigenvalue weighted by atomic mass is 9.76. The smallest absolute Gasteiger partial charge is 0.230 e. The Morgan fingerprint density at radius 2 is 2.19 bits per heavy atom. The van der Waals surface area contributed by atoms with Crippen molar-refractivity contribution in [2.24, 2.45) is 24.3 Å². The highest BCUT2D eigenvalue weighted by molar-refractivity contribution is 5.93. The zero-order valence-corrected chi connectivity index (χ0v) is 16.7. The molecule has 7 nitrogen and oxygen atoms in total. The lowest BCUT2D eigenvalue weighted by Gasteiger charge is -2.29. The molecule has 3 aliphatic heterocycles. The molecule has 7 heteroatoms.